The molecule has 0 aromatic heterocycles. The van der Waals surface area contributed by atoms with Crippen molar-refractivity contribution in [1.82, 2.24) is 5.32 Å². The molecule has 3 atom stereocenters. The van der Waals surface area contributed by atoms with Crippen molar-refractivity contribution in [2.75, 3.05) is 7.05 Å². The molecule has 0 radical (unpaired) electrons. The van der Waals surface area contributed by atoms with E-state index in [4.69, 9.17) is 11.6 Å². The molecule has 104 valence electrons. The molecule has 0 aliphatic heterocycles. The van der Waals surface area contributed by atoms with Crippen LogP contribution in [0, 0.1) is 5.92 Å². The van der Waals surface area contributed by atoms with Gasteiger partial charge in [0.1, 0.15) is 0 Å². The average Bonchev–Trinajstić information content (AvgIpc) is 3.23. The largest absolute Gasteiger partial charge is 0.313 e. The fourth-order valence-corrected chi connectivity index (χ4v) is 3.81. The van der Waals surface area contributed by atoms with Crippen LogP contribution in [-0.2, 0) is 0 Å². The second kappa shape index (κ2) is 5.88. The van der Waals surface area contributed by atoms with Crippen LogP contribution in [0.4, 0.5) is 0 Å². The zero-order chi connectivity index (χ0) is 14.1. The summed E-state index contributed by atoms with van der Waals surface area (Å²) in [4.78, 5) is 0. The Morgan fingerprint density at radius 1 is 1.20 bits per heavy atom. The standard InChI is InChI=1S/C17H17BrClN/c1-20-17(13-8-7-12(18)9-16(13)19)15-10-14(15)11-5-3-2-4-6-11/h2-9,14-15,17,20H,10H2,1H3. The number of nitrogens with one attached hydrogen (secondary N) is 1. The quantitative estimate of drug-likeness (QED) is 0.802. The highest BCUT2D eigenvalue weighted by Crippen LogP contribution is 2.54. The average molecular weight is 351 g/mol. The lowest BCUT2D eigenvalue weighted by molar-refractivity contribution is 0.518. The molecule has 3 unspecified atom stereocenters. The lowest BCUT2D eigenvalue weighted by atomic mass is 9.99. The molecule has 1 aliphatic carbocycles. The molecule has 2 aromatic carbocycles. The second-order valence-corrected chi connectivity index (χ2v) is 6.67. The molecule has 1 saturated carbocycles. The van der Waals surface area contributed by atoms with Crippen LogP contribution >= 0.6 is 27.5 Å². The number of hydrogen-bond acceptors (Lipinski definition) is 1. The number of rotatable bonds is 4. The summed E-state index contributed by atoms with van der Waals surface area (Å²) in [5, 5.41) is 4.27. The predicted molar refractivity (Wildman–Crippen MR) is 88.2 cm³/mol. The van der Waals surface area contributed by atoms with E-state index in [1.807, 2.05) is 13.1 Å². The first kappa shape index (κ1) is 14.1. The van der Waals surface area contributed by atoms with Gasteiger partial charge >= 0.3 is 0 Å². The van der Waals surface area contributed by atoms with E-state index >= 15 is 0 Å². The van der Waals surface area contributed by atoms with Crippen LogP contribution in [0.15, 0.2) is 53.0 Å². The van der Waals surface area contributed by atoms with E-state index in [1.165, 1.54) is 17.5 Å². The van der Waals surface area contributed by atoms with Crippen LogP contribution in [0.25, 0.3) is 0 Å². The summed E-state index contributed by atoms with van der Waals surface area (Å²) in [6.07, 6.45) is 1.22. The van der Waals surface area contributed by atoms with E-state index in [1.54, 1.807) is 0 Å². The third-order valence-corrected chi connectivity index (χ3v) is 4.92. The smallest absolute Gasteiger partial charge is 0.0465 e. The molecule has 0 heterocycles. The van der Waals surface area contributed by atoms with Gasteiger partial charge < -0.3 is 5.32 Å². The maximum atomic E-state index is 6.40. The minimum Gasteiger partial charge on any atom is -0.313 e. The van der Waals surface area contributed by atoms with Gasteiger partial charge in [0.05, 0.1) is 0 Å². The molecule has 3 rings (SSSR count). The first-order valence-corrected chi connectivity index (χ1v) is 8.05. The molecule has 1 fully saturated rings. The van der Waals surface area contributed by atoms with Crippen molar-refractivity contribution in [3.63, 3.8) is 0 Å². The van der Waals surface area contributed by atoms with Gasteiger partial charge in [-0.2, -0.15) is 0 Å². The molecular weight excluding hydrogens is 334 g/mol. The Hall–Kier alpha value is -0.830. The van der Waals surface area contributed by atoms with Crippen LogP contribution < -0.4 is 5.32 Å². The Morgan fingerprint density at radius 3 is 2.60 bits per heavy atom. The maximum absolute atomic E-state index is 6.40. The third-order valence-electron chi connectivity index (χ3n) is 4.10. The van der Waals surface area contributed by atoms with Gasteiger partial charge in [0.25, 0.3) is 0 Å². The molecule has 1 N–H and O–H groups in total. The molecule has 20 heavy (non-hydrogen) atoms. The van der Waals surface area contributed by atoms with E-state index in [-0.39, 0.29) is 0 Å². The van der Waals surface area contributed by atoms with E-state index in [0.717, 1.165) is 9.50 Å². The molecule has 2 aromatic rings. The summed E-state index contributed by atoms with van der Waals surface area (Å²) in [6.45, 7) is 0. The predicted octanol–water partition coefficient (Wildman–Crippen LogP) is 5.17. The van der Waals surface area contributed by atoms with Gasteiger partial charge in [0, 0.05) is 15.5 Å². The van der Waals surface area contributed by atoms with Crippen molar-refractivity contribution < 1.29 is 0 Å². The normalized spacial score (nSPS) is 22.6. The summed E-state index contributed by atoms with van der Waals surface area (Å²) >= 11 is 9.86. The van der Waals surface area contributed by atoms with Crippen molar-refractivity contribution in [2.45, 2.75) is 18.4 Å². The lowest BCUT2D eigenvalue weighted by Gasteiger charge is -2.18. The molecular formula is C17H17BrClN. The minimum absolute atomic E-state index is 0.320. The lowest BCUT2D eigenvalue weighted by Crippen LogP contribution is -2.19. The SMILES string of the molecule is CNC(c1ccc(Br)cc1Cl)C1CC1c1ccccc1. The Kier molecular flexibility index (Phi) is 4.16. The summed E-state index contributed by atoms with van der Waals surface area (Å²) in [5.41, 5.74) is 2.63. The van der Waals surface area contributed by atoms with Crippen LogP contribution in [0.3, 0.4) is 0 Å². The van der Waals surface area contributed by atoms with Crippen molar-refractivity contribution in [3.8, 4) is 0 Å². The van der Waals surface area contributed by atoms with Crippen LogP contribution in [-0.4, -0.2) is 7.05 Å². The number of benzene rings is 2. The van der Waals surface area contributed by atoms with Gasteiger partial charge in [-0.3, -0.25) is 0 Å². The van der Waals surface area contributed by atoms with Gasteiger partial charge in [-0.1, -0.05) is 63.9 Å². The van der Waals surface area contributed by atoms with Crippen molar-refractivity contribution in [3.05, 3.63) is 69.2 Å². The zero-order valence-electron chi connectivity index (χ0n) is 11.3. The monoisotopic (exact) mass is 349 g/mol. The highest BCUT2D eigenvalue weighted by molar-refractivity contribution is 9.10. The molecule has 0 spiro atoms. The van der Waals surface area contributed by atoms with Gasteiger partial charge in [-0.15, -0.1) is 0 Å². The highest BCUT2D eigenvalue weighted by Gasteiger charge is 2.44. The molecule has 3 heteroatoms. The van der Waals surface area contributed by atoms with Gasteiger partial charge in [0.15, 0.2) is 0 Å². The Morgan fingerprint density at radius 2 is 1.95 bits per heavy atom. The van der Waals surface area contributed by atoms with Crippen LogP contribution in [0.1, 0.15) is 29.5 Å². The van der Waals surface area contributed by atoms with E-state index in [9.17, 15) is 0 Å². The van der Waals surface area contributed by atoms with E-state index < -0.39 is 0 Å². The Bertz CT molecular complexity index is 599. The van der Waals surface area contributed by atoms with Gasteiger partial charge in [-0.05, 0) is 48.6 Å². The summed E-state index contributed by atoms with van der Waals surface area (Å²) in [6, 6.07) is 17.2. The van der Waals surface area contributed by atoms with Crippen LogP contribution in [0.2, 0.25) is 5.02 Å². The number of hydrogen-bond donors (Lipinski definition) is 1. The molecule has 0 bridgehead atoms. The third kappa shape index (κ3) is 2.78. The van der Waals surface area contributed by atoms with Crippen molar-refractivity contribution in [1.29, 1.82) is 0 Å². The highest BCUT2D eigenvalue weighted by atomic mass is 79.9. The van der Waals surface area contributed by atoms with Crippen molar-refractivity contribution >= 4 is 27.5 Å². The van der Waals surface area contributed by atoms with Gasteiger partial charge in [-0.25, -0.2) is 0 Å². The first-order chi connectivity index (χ1) is 9.70. The molecule has 0 amide bonds. The second-order valence-electron chi connectivity index (χ2n) is 5.35. The topological polar surface area (TPSA) is 12.0 Å². The summed E-state index contributed by atoms with van der Waals surface area (Å²) in [5.74, 6) is 1.27. The molecule has 1 nitrogen and oxygen atoms in total. The van der Waals surface area contributed by atoms with Crippen LogP contribution in [0.5, 0.6) is 0 Å². The molecule has 1 aliphatic rings. The van der Waals surface area contributed by atoms with Gasteiger partial charge in [0.2, 0.25) is 0 Å². The Balaban J connectivity index is 1.82. The first-order valence-electron chi connectivity index (χ1n) is 6.88. The molecule has 0 saturated heterocycles. The fourth-order valence-electron chi connectivity index (χ4n) is 3.02. The van der Waals surface area contributed by atoms with E-state index in [0.29, 0.717) is 17.9 Å². The maximum Gasteiger partial charge on any atom is 0.0465 e. The van der Waals surface area contributed by atoms with Crippen molar-refractivity contribution in [2.24, 2.45) is 5.92 Å². The zero-order valence-corrected chi connectivity index (χ0v) is 13.7. The Labute approximate surface area is 133 Å². The summed E-state index contributed by atoms with van der Waals surface area (Å²) < 4.78 is 1.02. The number of halogens is 2. The fraction of sp³-hybridized carbons (Fsp3) is 0.294. The van der Waals surface area contributed by atoms with E-state index in [2.05, 4.69) is 63.7 Å². The summed E-state index contributed by atoms with van der Waals surface area (Å²) in [7, 11) is 2.02. The minimum atomic E-state index is 0.320.